The fourth-order valence-corrected chi connectivity index (χ4v) is 3.26. The number of aromatic nitrogens is 2. The molecule has 0 bridgehead atoms. The van der Waals surface area contributed by atoms with Crippen LogP contribution in [0.5, 0.6) is 0 Å². The second kappa shape index (κ2) is 6.04. The average molecular weight is 292 g/mol. The maximum atomic E-state index is 4.96. The minimum Gasteiger partial charge on any atom is -0.250 e. The Kier molecular flexibility index (Phi) is 4.10. The quantitative estimate of drug-likeness (QED) is 0.630. The van der Waals surface area contributed by atoms with E-state index < -0.39 is 0 Å². The first kappa shape index (κ1) is 15.0. The second-order valence-corrected chi connectivity index (χ2v) is 5.81. The van der Waals surface area contributed by atoms with Gasteiger partial charge >= 0.3 is 0 Å². The normalized spacial score (nSPS) is 11.5. The van der Waals surface area contributed by atoms with Crippen molar-refractivity contribution in [2.45, 2.75) is 53.4 Å². The van der Waals surface area contributed by atoms with E-state index in [-0.39, 0.29) is 0 Å². The first-order valence-corrected chi connectivity index (χ1v) is 8.45. The molecule has 0 fully saturated rings. The summed E-state index contributed by atoms with van der Waals surface area (Å²) in [5.41, 5.74) is 7.25. The molecule has 0 atom stereocenters. The molecule has 3 aromatic rings. The van der Waals surface area contributed by atoms with Crippen LogP contribution in [0.15, 0.2) is 24.3 Å². The van der Waals surface area contributed by atoms with E-state index in [4.69, 9.17) is 9.97 Å². The molecular formula is C20H24N2. The molecule has 114 valence electrons. The number of rotatable bonds is 4. The van der Waals surface area contributed by atoms with Crippen molar-refractivity contribution in [3.05, 3.63) is 46.8 Å². The molecular weight excluding hydrogens is 268 g/mol. The number of fused-ring (bicyclic) bond motifs is 3. The number of hydrogen-bond acceptors (Lipinski definition) is 2. The van der Waals surface area contributed by atoms with E-state index in [2.05, 4.69) is 52.0 Å². The highest BCUT2D eigenvalue weighted by Crippen LogP contribution is 2.27. The Bertz CT molecular complexity index is 763. The van der Waals surface area contributed by atoms with Gasteiger partial charge in [0, 0.05) is 22.2 Å². The van der Waals surface area contributed by atoms with Crippen LogP contribution in [-0.4, -0.2) is 9.97 Å². The van der Waals surface area contributed by atoms with Crippen LogP contribution < -0.4 is 0 Å². The summed E-state index contributed by atoms with van der Waals surface area (Å²) in [4.78, 5) is 9.92. The average Bonchev–Trinajstić information content (AvgIpc) is 2.58. The van der Waals surface area contributed by atoms with Gasteiger partial charge in [-0.1, -0.05) is 39.8 Å². The number of benzene rings is 1. The third-order valence-electron chi connectivity index (χ3n) is 4.54. The molecule has 2 heteroatoms. The van der Waals surface area contributed by atoms with Crippen molar-refractivity contribution >= 4 is 21.8 Å². The lowest BCUT2D eigenvalue weighted by Crippen LogP contribution is -2.00. The van der Waals surface area contributed by atoms with Crippen LogP contribution in [0.1, 0.15) is 50.2 Å². The van der Waals surface area contributed by atoms with Crippen LogP contribution in [0.25, 0.3) is 21.8 Å². The molecule has 2 nitrogen and oxygen atoms in total. The zero-order valence-corrected chi connectivity index (χ0v) is 14.0. The van der Waals surface area contributed by atoms with E-state index >= 15 is 0 Å². The summed E-state index contributed by atoms with van der Waals surface area (Å²) < 4.78 is 0. The second-order valence-electron chi connectivity index (χ2n) is 5.81. The van der Waals surface area contributed by atoms with Gasteiger partial charge < -0.3 is 0 Å². The van der Waals surface area contributed by atoms with Crippen molar-refractivity contribution in [1.82, 2.24) is 9.97 Å². The monoisotopic (exact) mass is 292 g/mol. The first-order valence-electron chi connectivity index (χ1n) is 8.45. The fourth-order valence-electron chi connectivity index (χ4n) is 3.26. The van der Waals surface area contributed by atoms with Gasteiger partial charge in [0.2, 0.25) is 0 Å². The van der Waals surface area contributed by atoms with Gasteiger partial charge in [0.05, 0.1) is 11.0 Å². The van der Waals surface area contributed by atoms with Gasteiger partial charge in [0.25, 0.3) is 0 Å². The Balaban J connectivity index is 2.38. The molecule has 0 unspecified atom stereocenters. The van der Waals surface area contributed by atoms with Crippen molar-refractivity contribution in [3.63, 3.8) is 0 Å². The zero-order valence-electron chi connectivity index (χ0n) is 14.0. The smallest absolute Gasteiger partial charge is 0.0968 e. The van der Waals surface area contributed by atoms with Gasteiger partial charge in [-0.2, -0.15) is 0 Å². The van der Waals surface area contributed by atoms with Gasteiger partial charge in [-0.3, -0.25) is 9.97 Å². The van der Waals surface area contributed by atoms with E-state index in [1.54, 1.807) is 0 Å². The molecule has 0 saturated heterocycles. The minimum atomic E-state index is 0.975. The molecule has 1 aromatic carbocycles. The summed E-state index contributed by atoms with van der Waals surface area (Å²) in [5.74, 6) is 0. The van der Waals surface area contributed by atoms with Crippen molar-refractivity contribution in [3.8, 4) is 0 Å². The maximum absolute atomic E-state index is 4.96. The Labute approximate surface area is 132 Å². The highest BCUT2D eigenvalue weighted by Gasteiger charge is 2.11. The molecule has 3 rings (SSSR count). The molecule has 0 saturated carbocycles. The molecule has 2 heterocycles. The van der Waals surface area contributed by atoms with Crippen LogP contribution in [-0.2, 0) is 25.7 Å². The molecule has 0 spiro atoms. The van der Waals surface area contributed by atoms with Crippen molar-refractivity contribution < 1.29 is 0 Å². The Hall–Kier alpha value is -1.96. The number of nitrogens with zero attached hydrogens (tertiary/aromatic N) is 2. The minimum absolute atomic E-state index is 0.975. The van der Waals surface area contributed by atoms with Crippen LogP contribution in [0, 0.1) is 0 Å². The van der Waals surface area contributed by atoms with Crippen LogP contribution in [0.2, 0.25) is 0 Å². The molecule has 0 aliphatic heterocycles. The molecule has 0 aliphatic rings. The van der Waals surface area contributed by atoms with Crippen molar-refractivity contribution in [2.24, 2.45) is 0 Å². The highest BCUT2D eigenvalue weighted by molar-refractivity contribution is 6.03. The predicted molar refractivity (Wildman–Crippen MR) is 94.6 cm³/mol. The topological polar surface area (TPSA) is 25.8 Å². The number of hydrogen-bond donors (Lipinski definition) is 0. The maximum Gasteiger partial charge on any atom is 0.0968 e. The Morgan fingerprint density at radius 1 is 0.636 bits per heavy atom. The Morgan fingerprint density at radius 2 is 1.05 bits per heavy atom. The van der Waals surface area contributed by atoms with Crippen LogP contribution in [0.4, 0.5) is 0 Å². The lowest BCUT2D eigenvalue weighted by atomic mass is 10.0. The zero-order chi connectivity index (χ0) is 15.7. The van der Waals surface area contributed by atoms with Crippen LogP contribution >= 0.6 is 0 Å². The molecule has 0 radical (unpaired) electrons. The lowest BCUT2D eigenvalue weighted by molar-refractivity contribution is 0.973. The van der Waals surface area contributed by atoms with E-state index in [1.807, 2.05) is 0 Å². The van der Waals surface area contributed by atoms with Crippen LogP contribution in [0.3, 0.4) is 0 Å². The molecule has 0 amide bonds. The number of pyridine rings is 2. The molecule has 22 heavy (non-hydrogen) atoms. The lowest BCUT2D eigenvalue weighted by Gasteiger charge is -2.12. The van der Waals surface area contributed by atoms with E-state index in [1.165, 1.54) is 33.3 Å². The summed E-state index contributed by atoms with van der Waals surface area (Å²) in [6.07, 6.45) is 4.02. The fraction of sp³-hybridized carbons (Fsp3) is 0.400. The first-order chi connectivity index (χ1) is 10.7. The molecule has 2 aromatic heterocycles. The van der Waals surface area contributed by atoms with E-state index in [0.717, 1.165) is 36.7 Å². The summed E-state index contributed by atoms with van der Waals surface area (Å²) in [6.45, 7) is 8.76. The predicted octanol–water partition coefficient (Wildman–Crippen LogP) is 5.03. The van der Waals surface area contributed by atoms with Gasteiger partial charge in [-0.25, -0.2) is 0 Å². The summed E-state index contributed by atoms with van der Waals surface area (Å²) in [7, 11) is 0. The Morgan fingerprint density at radius 3 is 1.36 bits per heavy atom. The standard InChI is InChI=1S/C20H24N2/c1-5-13-11-15-9-10-16-12-14(6-2)18(8-4)22-20(16)19(15)21-17(13)7-3/h9-12H,5-8H2,1-4H3. The SMILES string of the molecule is CCc1cc2ccc3cc(CC)c(CC)nc3c2nc1CC. The summed E-state index contributed by atoms with van der Waals surface area (Å²) in [6, 6.07) is 8.97. The summed E-state index contributed by atoms with van der Waals surface area (Å²) >= 11 is 0. The molecule has 0 aliphatic carbocycles. The number of aryl methyl sites for hydroxylation is 4. The largest absolute Gasteiger partial charge is 0.250 e. The third kappa shape index (κ3) is 2.37. The van der Waals surface area contributed by atoms with Crippen molar-refractivity contribution in [2.75, 3.05) is 0 Å². The molecule has 0 N–H and O–H groups in total. The van der Waals surface area contributed by atoms with Gasteiger partial charge in [0.15, 0.2) is 0 Å². The van der Waals surface area contributed by atoms with Crippen molar-refractivity contribution in [1.29, 1.82) is 0 Å². The van der Waals surface area contributed by atoms with Gasteiger partial charge in [-0.15, -0.1) is 0 Å². The van der Waals surface area contributed by atoms with Gasteiger partial charge in [0.1, 0.15) is 0 Å². The summed E-state index contributed by atoms with van der Waals surface area (Å²) in [5, 5.41) is 2.42. The third-order valence-corrected chi connectivity index (χ3v) is 4.54. The van der Waals surface area contributed by atoms with E-state index in [0.29, 0.717) is 0 Å². The van der Waals surface area contributed by atoms with Gasteiger partial charge in [-0.05, 0) is 48.9 Å². The highest BCUT2D eigenvalue weighted by atomic mass is 14.8. The van der Waals surface area contributed by atoms with E-state index in [9.17, 15) is 0 Å².